The highest BCUT2D eigenvalue weighted by Crippen LogP contribution is 2.32. The normalized spacial score (nSPS) is 30.2. The summed E-state index contributed by atoms with van der Waals surface area (Å²) >= 11 is 0. The number of nitrogens with one attached hydrogen (secondary N) is 1. The Labute approximate surface area is 138 Å². The summed E-state index contributed by atoms with van der Waals surface area (Å²) in [6.45, 7) is 10.9. The van der Waals surface area contributed by atoms with Crippen LogP contribution in [0.1, 0.15) is 45.4 Å². The van der Waals surface area contributed by atoms with Gasteiger partial charge < -0.3 is 15.0 Å². The molecule has 0 aliphatic carbocycles. The van der Waals surface area contributed by atoms with Gasteiger partial charge in [-0.1, -0.05) is 25.5 Å². The summed E-state index contributed by atoms with van der Waals surface area (Å²) in [6, 6.07) is -0.632. The third kappa shape index (κ3) is 3.50. The van der Waals surface area contributed by atoms with E-state index in [1.807, 2.05) is 6.92 Å². The van der Waals surface area contributed by atoms with Crippen LogP contribution in [-0.2, 0) is 14.3 Å². The van der Waals surface area contributed by atoms with Crippen molar-refractivity contribution in [1.29, 1.82) is 0 Å². The maximum absolute atomic E-state index is 13.2. The number of rotatable bonds is 7. The van der Waals surface area contributed by atoms with Crippen molar-refractivity contribution >= 4 is 11.9 Å². The first-order valence-electron chi connectivity index (χ1n) is 8.60. The molecule has 0 aromatic rings. The molecule has 5 nitrogen and oxygen atoms in total. The fourth-order valence-corrected chi connectivity index (χ4v) is 3.45. The molecular weight excluding hydrogens is 292 g/mol. The lowest BCUT2D eigenvalue weighted by Gasteiger charge is -2.35. The molecule has 0 aromatic carbocycles. The Balaban J connectivity index is 2.16. The van der Waals surface area contributed by atoms with Gasteiger partial charge in [0.05, 0.1) is 12.6 Å². The molecule has 2 heterocycles. The predicted molar refractivity (Wildman–Crippen MR) is 89.9 cm³/mol. The monoisotopic (exact) mass is 320 g/mol. The van der Waals surface area contributed by atoms with Gasteiger partial charge in [0.2, 0.25) is 5.91 Å². The summed E-state index contributed by atoms with van der Waals surface area (Å²) in [4.78, 5) is 27.2. The minimum absolute atomic E-state index is 0.0789. The minimum Gasteiger partial charge on any atom is -0.464 e. The fourth-order valence-electron chi connectivity index (χ4n) is 3.45. The van der Waals surface area contributed by atoms with Crippen LogP contribution < -0.4 is 5.32 Å². The fraction of sp³-hybridized carbons (Fsp3) is 0.667. The Kier molecular flexibility index (Phi) is 5.99. The Morgan fingerprint density at radius 3 is 2.74 bits per heavy atom. The average molecular weight is 320 g/mol. The van der Waals surface area contributed by atoms with E-state index in [-0.39, 0.29) is 17.9 Å². The number of hydrogen-bond donors (Lipinski definition) is 1. The summed E-state index contributed by atoms with van der Waals surface area (Å²) in [6.07, 6.45) is 8.26. The van der Waals surface area contributed by atoms with E-state index in [2.05, 4.69) is 18.5 Å². The SMILES string of the molecule is C=C[C@@H]1CC[C@@H](C(=O)OCCCC)N1C(=O)[C@]1(C=C)CCCN1. The second-order valence-corrected chi connectivity index (χ2v) is 6.34. The smallest absolute Gasteiger partial charge is 0.328 e. The summed E-state index contributed by atoms with van der Waals surface area (Å²) in [5, 5.41) is 3.26. The van der Waals surface area contributed by atoms with Gasteiger partial charge in [-0.05, 0) is 38.6 Å². The van der Waals surface area contributed by atoms with Crippen molar-refractivity contribution in [2.75, 3.05) is 13.2 Å². The summed E-state index contributed by atoms with van der Waals surface area (Å²) in [5.74, 6) is -0.377. The molecule has 1 amide bonds. The average Bonchev–Trinajstić information content (AvgIpc) is 3.21. The van der Waals surface area contributed by atoms with E-state index in [1.165, 1.54) is 0 Å². The lowest BCUT2D eigenvalue weighted by Crippen LogP contribution is -2.58. The number of carbonyl (C=O) groups excluding carboxylic acids is 2. The Hall–Kier alpha value is -1.62. The van der Waals surface area contributed by atoms with Crippen molar-refractivity contribution in [3.8, 4) is 0 Å². The summed E-state index contributed by atoms with van der Waals surface area (Å²) in [7, 11) is 0. The van der Waals surface area contributed by atoms with Gasteiger partial charge in [0.15, 0.2) is 0 Å². The highest BCUT2D eigenvalue weighted by atomic mass is 16.5. The number of unbranched alkanes of at least 4 members (excludes halogenated alkanes) is 1. The molecule has 0 aromatic heterocycles. The molecule has 23 heavy (non-hydrogen) atoms. The third-order valence-electron chi connectivity index (χ3n) is 4.87. The molecule has 2 aliphatic heterocycles. The first-order valence-corrected chi connectivity index (χ1v) is 8.60. The van der Waals surface area contributed by atoms with Crippen LogP contribution in [0.5, 0.6) is 0 Å². The van der Waals surface area contributed by atoms with E-state index < -0.39 is 11.6 Å². The minimum atomic E-state index is -0.756. The number of amides is 1. The van der Waals surface area contributed by atoms with Crippen LogP contribution in [0.15, 0.2) is 25.3 Å². The molecule has 2 aliphatic rings. The van der Waals surface area contributed by atoms with E-state index in [9.17, 15) is 9.59 Å². The molecule has 5 heteroatoms. The molecule has 0 radical (unpaired) electrons. The maximum Gasteiger partial charge on any atom is 0.328 e. The summed E-state index contributed by atoms with van der Waals surface area (Å²) in [5.41, 5.74) is -0.756. The van der Waals surface area contributed by atoms with Crippen LogP contribution in [0.2, 0.25) is 0 Å². The van der Waals surface area contributed by atoms with Crippen molar-refractivity contribution in [1.82, 2.24) is 10.2 Å². The predicted octanol–water partition coefficient (Wildman–Crippen LogP) is 2.18. The van der Waals surface area contributed by atoms with Crippen LogP contribution >= 0.6 is 0 Å². The summed E-state index contributed by atoms with van der Waals surface area (Å²) < 4.78 is 5.36. The molecule has 2 saturated heterocycles. The standard InChI is InChI=1S/C18H28N2O3/c1-4-7-13-23-16(21)15-10-9-14(5-2)20(15)17(22)18(6-3)11-8-12-19-18/h5-6,14-15,19H,2-4,7-13H2,1H3/t14-,15+,18+/m1/s1. The number of nitrogens with zero attached hydrogens (tertiary/aromatic N) is 1. The second kappa shape index (κ2) is 7.77. The molecule has 0 unspecified atom stereocenters. The number of likely N-dealkylation sites (tertiary alicyclic amines) is 1. The van der Waals surface area contributed by atoms with Gasteiger partial charge in [0.25, 0.3) is 0 Å². The highest BCUT2D eigenvalue weighted by molar-refractivity contribution is 5.93. The molecule has 128 valence electrons. The zero-order chi connectivity index (χ0) is 16.9. The van der Waals surface area contributed by atoms with Crippen LogP contribution in [0.4, 0.5) is 0 Å². The van der Waals surface area contributed by atoms with Gasteiger partial charge in [0, 0.05) is 0 Å². The third-order valence-corrected chi connectivity index (χ3v) is 4.87. The molecule has 0 spiro atoms. The van der Waals surface area contributed by atoms with E-state index in [0.29, 0.717) is 19.4 Å². The highest BCUT2D eigenvalue weighted by Gasteiger charge is 2.48. The first-order chi connectivity index (χ1) is 11.1. The molecule has 3 atom stereocenters. The lowest BCUT2D eigenvalue weighted by molar-refractivity contribution is -0.155. The number of carbonyl (C=O) groups is 2. The van der Waals surface area contributed by atoms with Gasteiger partial charge in [-0.15, -0.1) is 13.2 Å². The number of esters is 1. The van der Waals surface area contributed by atoms with E-state index in [1.54, 1.807) is 17.1 Å². The van der Waals surface area contributed by atoms with Crippen molar-refractivity contribution in [3.05, 3.63) is 25.3 Å². The maximum atomic E-state index is 13.2. The van der Waals surface area contributed by atoms with Crippen LogP contribution in [-0.4, -0.2) is 47.6 Å². The zero-order valence-electron chi connectivity index (χ0n) is 14.1. The van der Waals surface area contributed by atoms with Crippen molar-refractivity contribution in [2.45, 2.75) is 63.1 Å². The Bertz CT molecular complexity index is 469. The molecule has 1 N–H and O–H groups in total. The quantitative estimate of drug-likeness (QED) is 0.444. The van der Waals surface area contributed by atoms with Gasteiger partial charge in [0.1, 0.15) is 11.6 Å². The van der Waals surface area contributed by atoms with Gasteiger partial charge in [-0.2, -0.15) is 0 Å². The Morgan fingerprint density at radius 1 is 1.39 bits per heavy atom. The van der Waals surface area contributed by atoms with E-state index >= 15 is 0 Å². The molecule has 0 saturated carbocycles. The number of hydrogen-bond acceptors (Lipinski definition) is 4. The van der Waals surface area contributed by atoms with Gasteiger partial charge in [-0.3, -0.25) is 4.79 Å². The molecular formula is C18H28N2O3. The van der Waals surface area contributed by atoms with Crippen LogP contribution in [0, 0.1) is 0 Å². The number of ether oxygens (including phenoxy) is 1. The topological polar surface area (TPSA) is 58.6 Å². The molecule has 2 fully saturated rings. The first kappa shape index (κ1) is 17.7. The lowest BCUT2D eigenvalue weighted by atomic mass is 9.94. The zero-order valence-corrected chi connectivity index (χ0v) is 14.1. The van der Waals surface area contributed by atoms with Gasteiger partial charge >= 0.3 is 5.97 Å². The van der Waals surface area contributed by atoms with Crippen LogP contribution in [0.3, 0.4) is 0 Å². The van der Waals surface area contributed by atoms with Crippen molar-refractivity contribution < 1.29 is 14.3 Å². The van der Waals surface area contributed by atoms with Gasteiger partial charge in [-0.25, -0.2) is 4.79 Å². The molecule has 0 bridgehead atoms. The van der Waals surface area contributed by atoms with Crippen molar-refractivity contribution in [2.24, 2.45) is 0 Å². The van der Waals surface area contributed by atoms with E-state index in [4.69, 9.17) is 4.74 Å². The Morgan fingerprint density at radius 2 is 2.17 bits per heavy atom. The largest absolute Gasteiger partial charge is 0.464 e. The van der Waals surface area contributed by atoms with Crippen molar-refractivity contribution in [3.63, 3.8) is 0 Å². The van der Waals surface area contributed by atoms with E-state index in [0.717, 1.165) is 32.2 Å². The second-order valence-electron chi connectivity index (χ2n) is 6.34. The molecule has 2 rings (SSSR count). The van der Waals surface area contributed by atoms with Crippen LogP contribution in [0.25, 0.3) is 0 Å².